The van der Waals surface area contributed by atoms with Gasteiger partial charge in [0.05, 0.1) is 24.5 Å². The number of fused-ring (bicyclic) bond motifs is 1. The van der Waals surface area contributed by atoms with Crippen LogP contribution in [0.3, 0.4) is 0 Å². The van der Waals surface area contributed by atoms with Gasteiger partial charge in [-0.25, -0.2) is 4.98 Å². The lowest BCUT2D eigenvalue weighted by Crippen LogP contribution is -2.45. The van der Waals surface area contributed by atoms with Crippen molar-refractivity contribution < 1.29 is 9.53 Å². The third-order valence-corrected chi connectivity index (χ3v) is 6.33. The van der Waals surface area contributed by atoms with Crippen molar-refractivity contribution in [3.05, 3.63) is 66.1 Å². The van der Waals surface area contributed by atoms with Crippen molar-refractivity contribution in [2.24, 2.45) is 11.3 Å². The third kappa shape index (κ3) is 5.50. The van der Waals surface area contributed by atoms with E-state index in [9.17, 15) is 4.79 Å². The zero-order valence-electron chi connectivity index (χ0n) is 20.0. The third-order valence-electron chi connectivity index (χ3n) is 6.33. The number of hydrogen-bond acceptors (Lipinski definition) is 5. The number of amides is 1. The number of ether oxygens (including phenoxy) is 1. The average molecular weight is 447 g/mol. The Morgan fingerprint density at radius 3 is 2.76 bits per heavy atom. The minimum atomic E-state index is -0.449. The molecule has 3 aromatic rings. The summed E-state index contributed by atoms with van der Waals surface area (Å²) in [6, 6.07) is 16.0. The molecular weight excluding hydrogens is 412 g/mol. The first-order valence-electron chi connectivity index (χ1n) is 11.7. The Hall–Kier alpha value is -2.99. The highest BCUT2D eigenvalue weighted by Gasteiger charge is 2.33. The molecule has 2 atom stereocenters. The molecule has 0 bridgehead atoms. The van der Waals surface area contributed by atoms with Gasteiger partial charge in [-0.1, -0.05) is 45.0 Å². The van der Waals surface area contributed by atoms with Crippen LogP contribution in [0.5, 0.6) is 5.75 Å². The second kappa shape index (κ2) is 9.87. The first kappa shape index (κ1) is 23.2. The molecule has 6 nitrogen and oxygen atoms in total. The molecule has 6 heteroatoms. The van der Waals surface area contributed by atoms with E-state index in [2.05, 4.69) is 33.4 Å². The second-order valence-corrected chi connectivity index (χ2v) is 9.93. The molecule has 0 radical (unpaired) electrons. The van der Waals surface area contributed by atoms with Crippen molar-refractivity contribution in [1.82, 2.24) is 20.2 Å². The van der Waals surface area contributed by atoms with E-state index in [1.807, 2.05) is 51.1 Å². The van der Waals surface area contributed by atoms with Crippen LogP contribution in [0.1, 0.15) is 51.0 Å². The van der Waals surface area contributed by atoms with Crippen LogP contribution in [0.25, 0.3) is 10.9 Å². The van der Waals surface area contributed by atoms with Crippen molar-refractivity contribution in [2.75, 3.05) is 20.2 Å². The van der Waals surface area contributed by atoms with Gasteiger partial charge in [0.15, 0.2) is 0 Å². The Morgan fingerprint density at radius 2 is 2.03 bits per heavy atom. The fourth-order valence-corrected chi connectivity index (χ4v) is 4.50. The van der Waals surface area contributed by atoms with Gasteiger partial charge in [0, 0.05) is 30.1 Å². The van der Waals surface area contributed by atoms with E-state index in [1.165, 1.54) is 0 Å². The number of nitrogens with one attached hydrogen (secondary N) is 1. The number of benzene rings is 1. The minimum absolute atomic E-state index is 0.0542. The van der Waals surface area contributed by atoms with Gasteiger partial charge in [0.1, 0.15) is 11.3 Å². The number of piperidine rings is 1. The average Bonchev–Trinajstić information content (AvgIpc) is 2.82. The molecule has 0 aliphatic carbocycles. The van der Waals surface area contributed by atoms with Crippen LogP contribution < -0.4 is 10.1 Å². The van der Waals surface area contributed by atoms with E-state index in [1.54, 1.807) is 13.3 Å². The van der Waals surface area contributed by atoms with Gasteiger partial charge in [0.25, 0.3) is 0 Å². The lowest BCUT2D eigenvalue weighted by atomic mass is 9.86. The molecule has 1 saturated heterocycles. The maximum atomic E-state index is 12.9. The number of rotatable bonds is 6. The molecule has 1 fully saturated rings. The van der Waals surface area contributed by atoms with E-state index < -0.39 is 5.41 Å². The summed E-state index contributed by atoms with van der Waals surface area (Å²) in [4.78, 5) is 24.8. The summed E-state index contributed by atoms with van der Waals surface area (Å²) in [6.07, 6.45) is 3.94. The Balaban J connectivity index is 1.53. The molecule has 1 aliphatic rings. The Morgan fingerprint density at radius 1 is 1.18 bits per heavy atom. The molecular formula is C27H34N4O2. The number of methoxy groups -OCH3 is 1. The molecule has 1 aliphatic heterocycles. The van der Waals surface area contributed by atoms with E-state index in [0.29, 0.717) is 0 Å². The van der Waals surface area contributed by atoms with Gasteiger partial charge >= 0.3 is 0 Å². The zero-order valence-corrected chi connectivity index (χ0v) is 20.0. The highest BCUT2D eigenvalue weighted by atomic mass is 16.5. The lowest BCUT2D eigenvalue weighted by molar-refractivity contribution is -0.130. The smallest absolute Gasteiger partial charge is 0.225 e. The van der Waals surface area contributed by atoms with Gasteiger partial charge < -0.3 is 10.1 Å². The number of likely N-dealkylation sites (tertiary alicyclic amines) is 1. The maximum absolute atomic E-state index is 12.9. The predicted molar refractivity (Wildman–Crippen MR) is 131 cm³/mol. The second-order valence-electron chi connectivity index (χ2n) is 9.93. The van der Waals surface area contributed by atoms with Crippen LogP contribution in [0.4, 0.5) is 0 Å². The van der Waals surface area contributed by atoms with E-state index in [-0.39, 0.29) is 17.9 Å². The zero-order chi connectivity index (χ0) is 23.4. The molecule has 3 heterocycles. The van der Waals surface area contributed by atoms with Crippen LogP contribution in [0, 0.1) is 11.3 Å². The lowest BCUT2D eigenvalue weighted by Gasteiger charge is -2.37. The topological polar surface area (TPSA) is 67.3 Å². The maximum Gasteiger partial charge on any atom is 0.225 e. The monoisotopic (exact) mass is 446 g/mol. The molecule has 1 N–H and O–H groups in total. The highest BCUT2D eigenvalue weighted by Crippen LogP contribution is 2.31. The first-order valence-corrected chi connectivity index (χ1v) is 11.7. The van der Waals surface area contributed by atoms with Gasteiger partial charge in [-0.15, -0.1) is 0 Å². The van der Waals surface area contributed by atoms with Crippen LogP contribution in [0.2, 0.25) is 0 Å². The van der Waals surface area contributed by atoms with Crippen molar-refractivity contribution in [3.8, 4) is 5.75 Å². The molecule has 174 valence electrons. The Labute approximate surface area is 196 Å². The SMILES string of the molecule is COc1cccc2ccc(CN3CCCC(C(NC(=O)C(C)(C)C)c4ccccn4)C3)nc12. The van der Waals surface area contributed by atoms with E-state index >= 15 is 0 Å². The fourth-order valence-electron chi connectivity index (χ4n) is 4.50. The number of nitrogens with zero attached hydrogens (tertiary/aromatic N) is 3. The van der Waals surface area contributed by atoms with Crippen LogP contribution >= 0.6 is 0 Å². The summed E-state index contributed by atoms with van der Waals surface area (Å²) in [5, 5.41) is 4.38. The quantitative estimate of drug-likeness (QED) is 0.592. The standard InChI is InChI=1S/C27H34N4O2/c1-27(2,3)26(32)30-24(22-11-5-6-15-28-22)20-10-8-16-31(17-20)18-21-14-13-19-9-7-12-23(33-4)25(19)29-21/h5-7,9,11-15,20,24H,8,10,16-18H2,1-4H3,(H,30,32). The summed E-state index contributed by atoms with van der Waals surface area (Å²) in [5.41, 5.74) is 2.40. The van der Waals surface area contributed by atoms with Crippen molar-refractivity contribution in [1.29, 1.82) is 0 Å². The molecule has 2 unspecified atom stereocenters. The van der Waals surface area contributed by atoms with Crippen LogP contribution in [-0.2, 0) is 11.3 Å². The molecule has 4 rings (SSSR count). The fraction of sp³-hybridized carbons (Fsp3) is 0.444. The van der Waals surface area contributed by atoms with Crippen LogP contribution in [0.15, 0.2) is 54.7 Å². The van der Waals surface area contributed by atoms with Crippen molar-refractivity contribution in [2.45, 2.75) is 46.2 Å². The first-order chi connectivity index (χ1) is 15.8. The van der Waals surface area contributed by atoms with Gasteiger partial charge in [-0.3, -0.25) is 14.7 Å². The normalized spacial score (nSPS) is 18.1. The number of hydrogen-bond donors (Lipinski definition) is 1. The van der Waals surface area contributed by atoms with E-state index in [4.69, 9.17) is 9.72 Å². The molecule has 0 saturated carbocycles. The summed E-state index contributed by atoms with van der Waals surface area (Å²) in [5.74, 6) is 1.14. The summed E-state index contributed by atoms with van der Waals surface area (Å²) < 4.78 is 5.51. The highest BCUT2D eigenvalue weighted by molar-refractivity contribution is 5.84. The van der Waals surface area contributed by atoms with Gasteiger partial charge in [0.2, 0.25) is 5.91 Å². The Kier molecular flexibility index (Phi) is 6.94. The molecule has 33 heavy (non-hydrogen) atoms. The molecule has 2 aromatic heterocycles. The summed E-state index contributed by atoms with van der Waals surface area (Å²) in [7, 11) is 1.68. The van der Waals surface area contributed by atoms with Crippen LogP contribution in [-0.4, -0.2) is 41.0 Å². The van der Waals surface area contributed by atoms with Crippen molar-refractivity contribution in [3.63, 3.8) is 0 Å². The number of para-hydroxylation sites is 1. The largest absolute Gasteiger partial charge is 0.494 e. The predicted octanol–water partition coefficient (Wildman–Crippen LogP) is 4.75. The van der Waals surface area contributed by atoms with E-state index in [0.717, 1.165) is 60.5 Å². The summed E-state index contributed by atoms with van der Waals surface area (Å²) in [6.45, 7) is 8.52. The Bertz CT molecular complexity index is 1090. The molecule has 1 amide bonds. The van der Waals surface area contributed by atoms with Gasteiger partial charge in [-0.05, 0) is 49.6 Å². The number of pyridine rings is 2. The number of aromatic nitrogens is 2. The van der Waals surface area contributed by atoms with Crippen molar-refractivity contribution >= 4 is 16.8 Å². The number of carbonyl (C=O) groups is 1. The molecule has 1 aromatic carbocycles. The van der Waals surface area contributed by atoms with Gasteiger partial charge in [-0.2, -0.15) is 0 Å². The molecule has 0 spiro atoms. The minimum Gasteiger partial charge on any atom is -0.494 e. The summed E-state index contributed by atoms with van der Waals surface area (Å²) >= 11 is 0. The number of carbonyl (C=O) groups excluding carboxylic acids is 1.